The van der Waals surface area contributed by atoms with Crippen molar-refractivity contribution in [1.29, 1.82) is 0 Å². The van der Waals surface area contributed by atoms with Crippen LogP contribution in [0.25, 0.3) is 0 Å². The zero-order chi connectivity index (χ0) is 13.0. The second-order valence-corrected chi connectivity index (χ2v) is 4.68. The number of primary amides is 1. The van der Waals surface area contributed by atoms with E-state index in [9.17, 15) is 9.90 Å². The molecular weight excluding hydrogens is 266 g/mol. The minimum atomic E-state index is -0.408. The number of benzene rings is 1. The standard InChI is InChI=1S/C13H19N3O2.ClH/c14-13(18)10-3-1-9(2-4-10)5-15-6-11-7-16-8-12(11)17;/h1-4,11-12,15-17H,5-8H2,(H2,14,18);1H. The van der Waals surface area contributed by atoms with Crippen molar-refractivity contribution >= 4 is 18.3 Å². The van der Waals surface area contributed by atoms with E-state index in [0.717, 1.165) is 25.2 Å². The molecule has 1 heterocycles. The van der Waals surface area contributed by atoms with E-state index in [0.29, 0.717) is 12.1 Å². The lowest BCUT2D eigenvalue weighted by atomic mass is 10.1. The molecule has 5 nitrogen and oxygen atoms in total. The van der Waals surface area contributed by atoms with E-state index in [-0.39, 0.29) is 24.4 Å². The van der Waals surface area contributed by atoms with Gasteiger partial charge in [0.2, 0.25) is 5.91 Å². The van der Waals surface area contributed by atoms with Crippen LogP contribution < -0.4 is 16.4 Å². The van der Waals surface area contributed by atoms with E-state index >= 15 is 0 Å². The highest BCUT2D eigenvalue weighted by Crippen LogP contribution is 2.08. The van der Waals surface area contributed by atoms with Gasteiger partial charge in [0.15, 0.2) is 0 Å². The quantitative estimate of drug-likeness (QED) is 0.607. The van der Waals surface area contributed by atoms with Crippen LogP contribution in [-0.2, 0) is 6.54 Å². The fourth-order valence-electron chi connectivity index (χ4n) is 2.12. The predicted octanol–water partition coefficient (Wildman–Crippen LogP) is -0.123. The summed E-state index contributed by atoms with van der Waals surface area (Å²) < 4.78 is 0. The molecule has 0 aromatic heterocycles. The van der Waals surface area contributed by atoms with Gasteiger partial charge >= 0.3 is 0 Å². The molecule has 1 aliphatic heterocycles. The number of aliphatic hydroxyl groups is 1. The fourth-order valence-corrected chi connectivity index (χ4v) is 2.12. The highest BCUT2D eigenvalue weighted by atomic mass is 35.5. The zero-order valence-electron chi connectivity index (χ0n) is 10.6. The molecule has 19 heavy (non-hydrogen) atoms. The van der Waals surface area contributed by atoms with Gasteiger partial charge in [-0.15, -0.1) is 12.4 Å². The second kappa shape index (κ2) is 7.45. The van der Waals surface area contributed by atoms with E-state index in [1.807, 2.05) is 12.1 Å². The molecule has 1 aromatic carbocycles. The predicted molar refractivity (Wildman–Crippen MR) is 76.3 cm³/mol. The van der Waals surface area contributed by atoms with Gasteiger partial charge in [-0.05, 0) is 17.7 Å². The maximum atomic E-state index is 10.9. The number of carbonyl (C=O) groups is 1. The number of hydrogen-bond donors (Lipinski definition) is 4. The molecule has 1 saturated heterocycles. The first-order valence-electron chi connectivity index (χ1n) is 6.15. The number of nitrogens with two attached hydrogens (primary N) is 1. The summed E-state index contributed by atoms with van der Waals surface area (Å²) in [7, 11) is 0. The highest BCUT2D eigenvalue weighted by molar-refractivity contribution is 5.92. The smallest absolute Gasteiger partial charge is 0.248 e. The molecule has 0 radical (unpaired) electrons. The van der Waals surface area contributed by atoms with Gasteiger partial charge in [0.05, 0.1) is 6.10 Å². The Morgan fingerprint density at radius 1 is 1.37 bits per heavy atom. The Balaban J connectivity index is 0.00000180. The Labute approximate surface area is 119 Å². The van der Waals surface area contributed by atoms with Gasteiger partial charge in [-0.1, -0.05) is 12.1 Å². The summed E-state index contributed by atoms with van der Waals surface area (Å²) in [6, 6.07) is 7.23. The summed E-state index contributed by atoms with van der Waals surface area (Å²) in [5.74, 6) is -0.135. The Morgan fingerprint density at radius 3 is 2.58 bits per heavy atom. The normalized spacial score (nSPS) is 21.9. The molecule has 1 aromatic rings. The zero-order valence-corrected chi connectivity index (χ0v) is 11.5. The lowest BCUT2D eigenvalue weighted by molar-refractivity contribution is 0.1000. The third kappa shape index (κ3) is 4.47. The van der Waals surface area contributed by atoms with Crippen LogP contribution in [0, 0.1) is 5.92 Å². The first-order chi connectivity index (χ1) is 8.66. The second-order valence-electron chi connectivity index (χ2n) is 4.68. The van der Waals surface area contributed by atoms with Crippen molar-refractivity contribution in [1.82, 2.24) is 10.6 Å². The summed E-state index contributed by atoms with van der Waals surface area (Å²) in [5, 5.41) is 16.1. The number of aliphatic hydroxyl groups excluding tert-OH is 1. The monoisotopic (exact) mass is 285 g/mol. The fraction of sp³-hybridized carbons (Fsp3) is 0.462. The van der Waals surface area contributed by atoms with Gasteiger partial charge in [-0.3, -0.25) is 4.79 Å². The maximum Gasteiger partial charge on any atom is 0.248 e. The van der Waals surface area contributed by atoms with E-state index < -0.39 is 5.91 Å². The molecule has 1 aliphatic rings. The van der Waals surface area contributed by atoms with Crippen LogP contribution in [0.2, 0.25) is 0 Å². The van der Waals surface area contributed by atoms with Crippen LogP contribution in [0.3, 0.4) is 0 Å². The number of rotatable bonds is 5. The van der Waals surface area contributed by atoms with Crippen LogP contribution in [0.15, 0.2) is 24.3 Å². The average Bonchev–Trinajstić information content (AvgIpc) is 2.76. The summed E-state index contributed by atoms with van der Waals surface area (Å²) in [6.07, 6.45) is -0.255. The maximum absolute atomic E-state index is 10.9. The molecular formula is C13H20ClN3O2. The van der Waals surface area contributed by atoms with Gasteiger partial charge < -0.3 is 21.5 Å². The molecule has 1 fully saturated rings. The van der Waals surface area contributed by atoms with Gasteiger partial charge in [-0.25, -0.2) is 0 Å². The molecule has 2 unspecified atom stereocenters. The number of nitrogens with one attached hydrogen (secondary N) is 2. The summed E-state index contributed by atoms with van der Waals surface area (Å²) in [6.45, 7) is 3.04. The molecule has 6 heteroatoms. The molecule has 106 valence electrons. The van der Waals surface area contributed by atoms with E-state index in [4.69, 9.17) is 5.73 Å². The van der Waals surface area contributed by atoms with Crippen LogP contribution in [0.4, 0.5) is 0 Å². The topological polar surface area (TPSA) is 87.4 Å². The average molecular weight is 286 g/mol. The van der Waals surface area contributed by atoms with Crippen LogP contribution in [-0.4, -0.2) is 36.8 Å². The molecule has 0 saturated carbocycles. The lowest BCUT2D eigenvalue weighted by Gasteiger charge is -2.14. The summed E-state index contributed by atoms with van der Waals surface area (Å²) >= 11 is 0. The van der Waals surface area contributed by atoms with Crippen molar-refractivity contribution in [3.8, 4) is 0 Å². The third-order valence-corrected chi connectivity index (χ3v) is 3.28. The van der Waals surface area contributed by atoms with E-state index in [1.54, 1.807) is 12.1 Å². The van der Waals surface area contributed by atoms with Gasteiger partial charge in [-0.2, -0.15) is 0 Å². The third-order valence-electron chi connectivity index (χ3n) is 3.28. The largest absolute Gasteiger partial charge is 0.391 e. The minimum Gasteiger partial charge on any atom is -0.391 e. The van der Waals surface area contributed by atoms with Crippen LogP contribution in [0.1, 0.15) is 15.9 Å². The number of carbonyl (C=O) groups excluding carboxylic acids is 1. The van der Waals surface area contributed by atoms with Crippen molar-refractivity contribution < 1.29 is 9.90 Å². The summed E-state index contributed by atoms with van der Waals surface area (Å²) in [5.41, 5.74) is 6.79. The lowest BCUT2D eigenvalue weighted by Crippen LogP contribution is -2.30. The molecule has 0 aliphatic carbocycles. The highest BCUT2D eigenvalue weighted by Gasteiger charge is 2.23. The first kappa shape index (κ1) is 15.9. The van der Waals surface area contributed by atoms with Crippen molar-refractivity contribution in [2.75, 3.05) is 19.6 Å². The molecule has 1 amide bonds. The molecule has 0 bridgehead atoms. The Hall–Kier alpha value is -1.14. The molecule has 5 N–H and O–H groups in total. The van der Waals surface area contributed by atoms with Gasteiger partial charge in [0.1, 0.15) is 0 Å². The molecule has 2 atom stereocenters. The number of amides is 1. The van der Waals surface area contributed by atoms with E-state index in [2.05, 4.69) is 10.6 Å². The van der Waals surface area contributed by atoms with E-state index in [1.165, 1.54) is 0 Å². The molecule has 2 rings (SSSR count). The first-order valence-corrected chi connectivity index (χ1v) is 6.15. The Kier molecular flexibility index (Phi) is 6.24. The van der Waals surface area contributed by atoms with Crippen LogP contribution >= 0.6 is 12.4 Å². The Bertz CT molecular complexity index is 411. The SMILES string of the molecule is Cl.NC(=O)c1ccc(CNCC2CNCC2O)cc1. The Morgan fingerprint density at radius 2 is 2.05 bits per heavy atom. The number of hydrogen-bond acceptors (Lipinski definition) is 4. The minimum absolute atomic E-state index is 0. The van der Waals surface area contributed by atoms with Crippen molar-refractivity contribution in [3.05, 3.63) is 35.4 Å². The van der Waals surface area contributed by atoms with Crippen molar-refractivity contribution in [2.24, 2.45) is 11.7 Å². The van der Waals surface area contributed by atoms with Crippen molar-refractivity contribution in [2.45, 2.75) is 12.6 Å². The van der Waals surface area contributed by atoms with Gasteiger partial charge in [0, 0.05) is 37.7 Å². The number of halogens is 1. The van der Waals surface area contributed by atoms with Crippen LogP contribution in [0.5, 0.6) is 0 Å². The number of β-amino-alcohol motifs (C(OH)–C–C–N with tert-alkyl or cyclic N) is 1. The van der Waals surface area contributed by atoms with Gasteiger partial charge in [0.25, 0.3) is 0 Å². The van der Waals surface area contributed by atoms with Crippen molar-refractivity contribution in [3.63, 3.8) is 0 Å². The summed E-state index contributed by atoms with van der Waals surface area (Å²) in [4.78, 5) is 10.9. The molecule has 0 spiro atoms.